The van der Waals surface area contributed by atoms with E-state index in [1.54, 1.807) is 12.2 Å². The number of rotatable bonds is 7. The Kier molecular flexibility index (Phi) is 7.12. The summed E-state index contributed by atoms with van der Waals surface area (Å²) in [6.45, 7) is 7.72. The van der Waals surface area contributed by atoms with Gasteiger partial charge in [0.2, 0.25) is 11.8 Å². The molecule has 2 aromatic carbocycles. The SMILES string of the molecule is CCOc1cc2c(cc1OCC)CN(C(=O)/C=C/c1ccc(NC(C)=O)cc1)CC2. The van der Waals surface area contributed by atoms with E-state index in [2.05, 4.69) is 5.32 Å². The van der Waals surface area contributed by atoms with Crippen molar-refractivity contribution in [2.24, 2.45) is 0 Å². The highest BCUT2D eigenvalue weighted by Gasteiger charge is 2.22. The van der Waals surface area contributed by atoms with Gasteiger partial charge < -0.3 is 19.7 Å². The van der Waals surface area contributed by atoms with Crippen molar-refractivity contribution in [1.29, 1.82) is 0 Å². The number of ether oxygens (including phenoxy) is 2. The summed E-state index contributed by atoms with van der Waals surface area (Å²) in [4.78, 5) is 25.6. The monoisotopic (exact) mass is 408 g/mol. The first-order valence-electron chi connectivity index (χ1n) is 10.3. The maximum atomic E-state index is 12.7. The van der Waals surface area contributed by atoms with Gasteiger partial charge in [0.1, 0.15) is 0 Å². The van der Waals surface area contributed by atoms with Crippen LogP contribution in [0.4, 0.5) is 5.69 Å². The van der Waals surface area contributed by atoms with Gasteiger partial charge in [-0.25, -0.2) is 0 Å². The quantitative estimate of drug-likeness (QED) is 0.702. The summed E-state index contributed by atoms with van der Waals surface area (Å²) in [6, 6.07) is 11.4. The molecule has 0 aromatic heterocycles. The van der Waals surface area contributed by atoms with Crippen molar-refractivity contribution in [2.45, 2.75) is 33.7 Å². The second-order valence-electron chi connectivity index (χ2n) is 7.08. The number of benzene rings is 2. The smallest absolute Gasteiger partial charge is 0.246 e. The highest BCUT2D eigenvalue weighted by Crippen LogP contribution is 2.34. The molecule has 0 saturated heterocycles. The van der Waals surface area contributed by atoms with E-state index in [1.807, 2.05) is 55.1 Å². The lowest BCUT2D eigenvalue weighted by Crippen LogP contribution is -2.34. The molecule has 2 amide bonds. The van der Waals surface area contributed by atoms with E-state index in [1.165, 1.54) is 12.5 Å². The molecule has 6 nitrogen and oxygen atoms in total. The van der Waals surface area contributed by atoms with E-state index in [9.17, 15) is 9.59 Å². The molecule has 0 fully saturated rings. The predicted octanol–water partition coefficient (Wildman–Crippen LogP) is 4.04. The molecule has 1 heterocycles. The van der Waals surface area contributed by atoms with E-state index >= 15 is 0 Å². The highest BCUT2D eigenvalue weighted by atomic mass is 16.5. The second-order valence-corrected chi connectivity index (χ2v) is 7.08. The first-order chi connectivity index (χ1) is 14.5. The van der Waals surface area contributed by atoms with Crippen LogP contribution in [-0.4, -0.2) is 36.5 Å². The molecule has 0 atom stereocenters. The largest absolute Gasteiger partial charge is 0.490 e. The minimum Gasteiger partial charge on any atom is -0.490 e. The van der Waals surface area contributed by atoms with Gasteiger partial charge in [0.15, 0.2) is 11.5 Å². The van der Waals surface area contributed by atoms with Gasteiger partial charge in [-0.15, -0.1) is 0 Å². The van der Waals surface area contributed by atoms with Crippen LogP contribution >= 0.6 is 0 Å². The van der Waals surface area contributed by atoms with Gasteiger partial charge >= 0.3 is 0 Å². The second kappa shape index (κ2) is 9.96. The lowest BCUT2D eigenvalue weighted by Gasteiger charge is -2.29. The first kappa shape index (κ1) is 21.4. The van der Waals surface area contributed by atoms with Gasteiger partial charge in [-0.1, -0.05) is 12.1 Å². The van der Waals surface area contributed by atoms with E-state index in [-0.39, 0.29) is 11.8 Å². The summed E-state index contributed by atoms with van der Waals surface area (Å²) in [5.41, 5.74) is 3.92. The molecule has 0 bridgehead atoms. The van der Waals surface area contributed by atoms with Gasteiger partial charge in [0.05, 0.1) is 13.2 Å². The number of anilines is 1. The van der Waals surface area contributed by atoms with Crippen LogP contribution in [0.15, 0.2) is 42.5 Å². The van der Waals surface area contributed by atoms with Crippen LogP contribution in [0.1, 0.15) is 37.5 Å². The normalized spacial score (nSPS) is 13.1. The molecule has 0 radical (unpaired) electrons. The van der Waals surface area contributed by atoms with E-state index < -0.39 is 0 Å². The summed E-state index contributed by atoms with van der Waals surface area (Å²) in [5.74, 6) is 1.35. The Hall–Kier alpha value is -3.28. The van der Waals surface area contributed by atoms with E-state index in [0.717, 1.165) is 34.7 Å². The van der Waals surface area contributed by atoms with Crippen LogP contribution in [0.25, 0.3) is 6.08 Å². The van der Waals surface area contributed by atoms with Crippen molar-refractivity contribution in [3.63, 3.8) is 0 Å². The average molecular weight is 408 g/mol. The van der Waals surface area contributed by atoms with E-state index in [4.69, 9.17) is 9.47 Å². The van der Waals surface area contributed by atoms with Crippen molar-refractivity contribution in [2.75, 3.05) is 25.1 Å². The molecule has 0 spiro atoms. The molecule has 0 saturated carbocycles. The molecule has 0 unspecified atom stereocenters. The lowest BCUT2D eigenvalue weighted by atomic mass is 9.98. The van der Waals surface area contributed by atoms with Crippen LogP contribution in [0, 0.1) is 0 Å². The molecule has 30 heavy (non-hydrogen) atoms. The molecular formula is C24H28N2O4. The van der Waals surface area contributed by atoms with Crippen molar-refractivity contribution < 1.29 is 19.1 Å². The lowest BCUT2D eigenvalue weighted by molar-refractivity contribution is -0.126. The highest BCUT2D eigenvalue weighted by molar-refractivity contribution is 5.92. The fourth-order valence-electron chi connectivity index (χ4n) is 3.44. The zero-order chi connectivity index (χ0) is 21.5. The van der Waals surface area contributed by atoms with Gasteiger partial charge in [0.25, 0.3) is 0 Å². The Morgan fingerprint density at radius 2 is 1.67 bits per heavy atom. The van der Waals surface area contributed by atoms with Crippen LogP contribution < -0.4 is 14.8 Å². The predicted molar refractivity (Wildman–Crippen MR) is 118 cm³/mol. The van der Waals surface area contributed by atoms with Crippen LogP contribution in [0.2, 0.25) is 0 Å². The Balaban J connectivity index is 1.68. The number of fused-ring (bicyclic) bond motifs is 1. The van der Waals surface area contributed by atoms with Crippen LogP contribution in [0.3, 0.4) is 0 Å². The Bertz CT molecular complexity index is 935. The zero-order valence-corrected chi connectivity index (χ0v) is 17.7. The molecule has 3 rings (SSSR count). The minimum atomic E-state index is -0.111. The van der Waals surface area contributed by atoms with Crippen molar-refractivity contribution in [3.05, 3.63) is 59.2 Å². The summed E-state index contributed by atoms with van der Waals surface area (Å²) >= 11 is 0. The summed E-state index contributed by atoms with van der Waals surface area (Å²) in [6.07, 6.45) is 4.17. The number of nitrogens with zero attached hydrogens (tertiary/aromatic N) is 1. The Morgan fingerprint density at radius 3 is 2.27 bits per heavy atom. The Morgan fingerprint density at radius 1 is 1.03 bits per heavy atom. The summed E-state index contributed by atoms with van der Waals surface area (Å²) in [5, 5.41) is 2.73. The number of hydrogen-bond acceptors (Lipinski definition) is 4. The topological polar surface area (TPSA) is 67.9 Å². The molecular weight excluding hydrogens is 380 g/mol. The first-order valence-corrected chi connectivity index (χ1v) is 10.3. The third-order valence-electron chi connectivity index (χ3n) is 4.84. The maximum Gasteiger partial charge on any atom is 0.246 e. The summed E-state index contributed by atoms with van der Waals surface area (Å²) < 4.78 is 11.4. The molecule has 1 aliphatic heterocycles. The Labute approximate surface area is 177 Å². The van der Waals surface area contributed by atoms with Crippen LogP contribution in [0.5, 0.6) is 11.5 Å². The summed E-state index contributed by atoms with van der Waals surface area (Å²) in [7, 11) is 0. The van der Waals surface area contributed by atoms with Crippen molar-refractivity contribution in [1.82, 2.24) is 4.90 Å². The number of hydrogen-bond donors (Lipinski definition) is 1. The number of carbonyl (C=O) groups is 2. The number of nitrogens with one attached hydrogen (secondary N) is 1. The van der Waals surface area contributed by atoms with Crippen molar-refractivity contribution in [3.8, 4) is 11.5 Å². The molecule has 6 heteroatoms. The molecule has 158 valence electrons. The average Bonchev–Trinajstić information content (AvgIpc) is 2.73. The molecule has 1 aliphatic rings. The molecule has 2 aromatic rings. The van der Waals surface area contributed by atoms with Gasteiger partial charge in [0, 0.05) is 31.8 Å². The van der Waals surface area contributed by atoms with Gasteiger partial charge in [-0.05, 0) is 67.3 Å². The third-order valence-corrected chi connectivity index (χ3v) is 4.84. The standard InChI is InChI=1S/C24H28N2O4/c1-4-29-22-14-19-12-13-26(16-20(19)15-23(22)30-5-2)24(28)11-8-18-6-9-21(10-7-18)25-17(3)27/h6-11,14-15H,4-5,12-13,16H2,1-3H3,(H,25,27)/b11-8+. The number of amides is 2. The van der Waals surface area contributed by atoms with Crippen molar-refractivity contribution >= 4 is 23.6 Å². The van der Waals surface area contributed by atoms with Gasteiger partial charge in [-0.3, -0.25) is 9.59 Å². The van der Waals surface area contributed by atoms with Gasteiger partial charge in [-0.2, -0.15) is 0 Å². The molecule has 0 aliphatic carbocycles. The fourth-order valence-corrected chi connectivity index (χ4v) is 3.44. The molecule has 1 N–H and O–H groups in total. The fraction of sp³-hybridized carbons (Fsp3) is 0.333. The van der Waals surface area contributed by atoms with E-state index in [0.29, 0.717) is 26.3 Å². The maximum absolute atomic E-state index is 12.7. The zero-order valence-electron chi connectivity index (χ0n) is 17.7. The van der Waals surface area contributed by atoms with Crippen LogP contribution in [-0.2, 0) is 22.6 Å². The number of carbonyl (C=O) groups excluding carboxylic acids is 2. The minimum absolute atomic E-state index is 0.0292. The third kappa shape index (κ3) is 5.41.